The first-order valence-electron chi connectivity index (χ1n) is 4.51. The summed E-state index contributed by atoms with van der Waals surface area (Å²) in [5.74, 6) is -1.23. The van der Waals surface area contributed by atoms with Crippen LogP contribution in [0.5, 0.6) is 0 Å². The van der Waals surface area contributed by atoms with Crippen molar-refractivity contribution in [3.8, 4) is 0 Å². The molecule has 2 rings (SSSR count). The lowest BCUT2D eigenvalue weighted by atomic mass is 10.2. The summed E-state index contributed by atoms with van der Waals surface area (Å²) in [5, 5.41) is 12.5. The topological polar surface area (TPSA) is 83.4 Å². The van der Waals surface area contributed by atoms with E-state index in [1.54, 1.807) is 0 Å². The minimum Gasteiger partial charge on any atom is -0.480 e. The lowest BCUT2D eigenvalue weighted by molar-refractivity contribution is -0.141. The molecular weight excluding hydrogens is 218 g/mol. The van der Waals surface area contributed by atoms with Gasteiger partial charge in [-0.1, -0.05) is 4.49 Å². The number of nitrogens with zero attached hydrogens (tertiary/aromatic N) is 3. The van der Waals surface area contributed by atoms with Crippen molar-refractivity contribution in [2.24, 2.45) is 0 Å². The molecule has 0 aliphatic carbocycles. The number of rotatable bonds is 2. The predicted molar refractivity (Wildman–Crippen MR) is 51.6 cm³/mol. The van der Waals surface area contributed by atoms with Crippen molar-refractivity contribution < 1.29 is 14.7 Å². The van der Waals surface area contributed by atoms with Gasteiger partial charge in [-0.3, -0.25) is 4.79 Å². The molecule has 1 aliphatic heterocycles. The highest BCUT2D eigenvalue weighted by molar-refractivity contribution is 7.07. The summed E-state index contributed by atoms with van der Waals surface area (Å²) in [6, 6.07) is -0.695. The third-order valence-electron chi connectivity index (χ3n) is 2.37. The van der Waals surface area contributed by atoms with Crippen LogP contribution < -0.4 is 0 Å². The molecule has 0 bridgehead atoms. The lowest BCUT2D eigenvalue weighted by Gasteiger charge is -2.19. The van der Waals surface area contributed by atoms with Gasteiger partial charge in [0.1, 0.15) is 10.9 Å². The normalized spacial score (nSPS) is 20.5. The number of amides is 1. The highest BCUT2D eigenvalue weighted by Crippen LogP contribution is 2.20. The van der Waals surface area contributed by atoms with Crippen molar-refractivity contribution in [2.75, 3.05) is 6.54 Å². The van der Waals surface area contributed by atoms with Crippen molar-refractivity contribution in [3.05, 3.63) is 11.1 Å². The average Bonchev–Trinajstić information content (AvgIpc) is 2.88. The molecule has 0 spiro atoms. The van der Waals surface area contributed by atoms with E-state index in [0.717, 1.165) is 18.0 Å². The van der Waals surface area contributed by atoms with Crippen LogP contribution in [0.25, 0.3) is 0 Å². The summed E-state index contributed by atoms with van der Waals surface area (Å²) in [6.07, 6.45) is 2.62. The fraction of sp³-hybridized carbons (Fsp3) is 0.500. The van der Waals surface area contributed by atoms with Crippen LogP contribution in [-0.2, 0) is 4.79 Å². The van der Waals surface area contributed by atoms with Crippen molar-refractivity contribution in [1.29, 1.82) is 0 Å². The third kappa shape index (κ3) is 1.82. The van der Waals surface area contributed by atoms with Crippen LogP contribution in [0.4, 0.5) is 0 Å². The van der Waals surface area contributed by atoms with Crippen LogP contribution >= 0.6 is 11.5 Å². The monoisotopic (exact) mass is 227 g/mol. The molecule has 1 saturated heterocycles. The summed E-state index contributed by atoms with van der Waals surface area (Å²) >= 11 is 0.986. The Hall–Kier alpha value is -1.50. The van der Waals surface area contributed by atoms with Crippen molar-refractivity contribution >= 4 is 23.4 Å². The third-order valence-corrected chi connectivity index (χ3v) is 3.02. The number of carbonyl (C=O) groups excluding carboxylic acids is 1. The first-order chi connectivity index (χ1) is 7.20. The molecule has 80 valence electrons. The molecule has 7 heteroatoms. The van der Waals surface area contributed by atoms with E-state index < -0.39 is 12.0 Å². The molecule has 2 heterocycles. The van der Waals surface area contributed by atoms with Crippen LogP contribution in [0, 0.1) is 0 Å². The van der Waals surface area contributed by atoms with Gasteiger partial charge in [0, 0.05) is 6.54 Å². The smallest absolute Gasteiger partial charge is 0.326 e. The van der Waals surface area contributed by atoms with Gasteiger partial charge in [-0.05, 0) is 24.4 Å². The lowest BCUT2D eigenvalue weighted by Crippen LogP contribution is -2.40. The summed E-state index contributed by atoms with van der Waals surface area (Å²) in [4.78, 5) is 24.4. The predicted octanol–water partition coefficient (Wildman–Crippen LogP) is 0.227. The quantitative estimate of drug-likeness (QED) is 0.781. The van der Waals surface area contributed by atoms with Gasteiger partial charge in [0.15, 0.2) is 0 Å². The Morgan fingerprint density at radius 2 is 2.40 bits per heavy atom. The Labute approximate surface area is 89.7 Å². The van der Waals surface area contributed by atoms with Gasteiger partial charge in [0.25, 0.3) is 5.91 Å². The van der Waals surface area contributed by atoms with Gasteiger partial charge in [-0.2, -0.15) is 0 Å². The van der Waals surface area contributed by atoms with Crippen molar-refractivity contribution in [3.63, 3.8) is 0 Å². The van der Waals surface area contributed by atoms with Crippen molar-refractivity contribution in [1.82, 2.24) is 14.5 Å². The number of carboxylic acids is 1. The molecule has 1 N–H and O–H groups in total. The largest absolute Gasteiger partial charge is 0.480 e. The first-order valence-corrected chi connectivity index (χ1v) is 5.28. The molecule has 6 nitrogen and oxygen atoms in total. The molecule has 1 atom stereocenters. The first kappa shape index (κ1) is 10.0. The van der Waals surface area contributed by atoms with E-state index in [9.17, 15) is 9.59 Å². The molecule has 0 aromatic carbocycles. The number of aliphatic carboxylic acids is 1. The molecule has 1 aromatic heterocycles. The second-order valence-electron chi connectivity index (χ2n) is 3.28. The maximum atomic E-state index is 11.8. The molecule has 15 heavy (non-hydrogen) atoms. The van der Waals surface area contributed by atoms with E-state index in [2.05, 4.69) is 9.59 Å². The second-order valence-corrected chi connectivity index (χ2v) is 4.06. The maximum absolute atomic E-state index is 11.8. The fourth-order valence-corrected chi connectivity index (χ4v) is 2.14. The zero-order valence-corrected chi connectivity index (χ0v) is 8.61. The minimum atomic E-state index is -0.946. The summed E-state index contributed by atoms with van der Waals surface area (Å²) in [7, 11) is 0. The summed E-state index contributed by atoms with van der Waals surface area (Å²) in [6.45, 7) is 0.494. The molecule has 1 fully saturated rings. The van der Waals surface area contributed by atoms with E-state index in [0.29, 0.717) is 17.8 Å². The fourth-order valence-electron chi connectivity index (χ4n) is 1.67. The van der Waals surface area contributed by atoms with E-state index in [1.807, 2.05) is 0 Å². The molecular formula is C8H9N3O3S. The highest BCUT2D eigenvalue weighted by atomic mass is 32.1. The standard InChI is InChI=1S/C8H9N3O3S/c12-7(6-4-9-10-15-6)11-3-1-2-5(11)8(13)14/h4-5H,1-3H2,(H,13,14)/t5-/m1/s1. The van der Waals surface area contributed by atoms with Gasteiger partial charge in [0.2, 0.25) is 0 Å². The van der Waals surface area contributed by atoms with Gasteiger partial charge < -0.3 is 10.0 Å². The number of hydrogen-bond donors (Lipinski definition) is 1. The van der Waals surface area contributed by atoms with Crippen molar-refractivity contribution in [2.45, 2.75) is 18.9 Å². The highest BCUT2D eigenvalue weighted by Gasteiger charge is 2.34. The Morgan fingerprint density at radius 3 is 3.00 bits per heavy atom. The molecule has 0 radical (unpaired) electrons. The summed E-state index contributed by atoms with van der Waals surface area (Å²) in [5.41, 5.74) is 0. The SMILES string of the molecule is O=C(O)[C@H]1CCCN1C(=O)c1cnns1. The number of carbonyl (C=O) groups is 2. The number of likely N-dealkylation sites (tertiary alicyclic amines) is 1. The molecule has 0 saturated carbocycles. The van der Waals surface area contributed by atoms with Crippen LogP contribution in [0.1, 0.15) is 22.5 Å². The molecule has 1 amide bonds. The Kier molecular flexibility index (Phi) is 2.63. The van der Waals surface area contributed by atoms with Gasteiger partial charge in [-0.25, -0.2) is 4.79 Å². The molecule has 0 unspecified atom stereocenters. The second kappa shape index (κ2) is 3.93. The van der Waals surface area contributed by atoms with Crippen LogP contribution in [0.15, 0.2) is 6.20 Å². The number of carboxylic acid groups (broad SMARTS) is 1. The van der Waals surface area contributed by atoms with E-state index >= 15 is 0 Å². The zero-order valence-electron chi connectivity index (χ0n) is 7.79. The van der Waals surface area contributed by atoms with Gasteiger partial charge in [0.05, 0.1) is 6.20 Å². The zero-order chi connectivity index (χ0) is 10.8. The van der Waals surface area contributed by atoms with Gasteiger partial charge in [-0.15, -0.1) is 5.10 Å². The Balaban J connectivity index is 2.17. The van der Waals surface area contributed by atoms with Crippen LogP contribution in [0.2, 0.25) is 0 Å². The van der Waals surface area contributed by atoms with E-state index in [-0.39, 0.29) is 5.91 Å². The van der Waals surface area contributed by atoms with E-state index in [4.69, 9.17) is 5.11 Å². The summed E-state index contributed by atoms with van der Waals surface area (Å²) < 4.78 is 3.58. The van der Waals surface area contributed by atoms with E-state index in [1.165, 1.54) is 11.1 Å². The van der Waals surface area contributed by atoms with Crippen LogP contribution in [-0.4, -0.2) is 44.1 Å². The molecule has 1 aliphatic rings. The molecule has 1 aromatic rings. The maximum Gasteiger partial charge on any atom is 0.326 e. The van der Waals surface area contributed by atoms with Crippen LogP contribution in [0.3, 0.4) is 0 Å². The minimum absolute atomic E-state index is 0.282. The van der Waals surface area contributed by atoms with Gasteiger partial charge >= 0.3 is 5.97 Å². The Morgan fingerprint density at radius 1 is 1.60 bits per heavy atom. The number of hydrogen-bond acceptors (Lipinski definition) is 5. The number of aromatic nitrogens is 2. The Bertz CT molecular complexity index is 378. The average molecular weight is 227 g/mol.